The molecule has 0 radical (unpaired) electrons. The topological polar surface area (TPSA) is 56.6 Å². The Bertz CT molecular complexity index is 885. The van der Waals surface area contributed by atoms with E-state index in [4.69, 9.17) is 4.74 Å². The van der Waals surface area contributed by atoms with Gasteiger partial charge < -0.3 is 14.5 Å². The van der Waals surface area contributed by atoms with E-state index >= 15 is 0 Å². The Balaban J connectivity index is 1.49. The average molecular weight is 418 g/mol. The van der Waals surface area contributed by atoms with Crippen LogP contribution in [0.4, 0.5) is 0 Å². The molecule has 1 unspecified atom stereocenters. The first-order valence-corrected chi connectivity index (χ1v) is 11.2. The third-order valence-corrected chi connectivity index (χ3v) is 7.13. The number of amides is 1. The van der Waals surface area contributed by atoms with Crippen LogP contribution in [0.15, 0.2) is 60.7 Å². The Morgan fingerprint density at radius 1 is 1.00 bits per heavy atom. The van der Waals surface area contributed by atoms with E-state index in [0.29, 0.717) is 19.6 Å². The van der Waals surface area contributed by atoms with Gasteiger partial charge in [0, 0.05) is 33.3 Å². The van der Waals surface area contributed by atoms with Crippen molar-refractivity contribution in [2.24, 2.45) is 5.41 Å². The van der Waals surface area contributed by atoms with Crippen molar-refractivity contribution in [3.8, 4) is 6.07 Å². The molecule has 5 nitrogen and oxygen atoms in total. The van der Waals surface area contributed by atoms with Gasteiger partial charge in [0.15, 0.2) is 0 Å². The van der Waals surface area contributed by atoms with Crippen LogP contribution in [0.2, 0.25) is 0 Å². The summed E-state index contributed by atoms with van der Waals surface area (Å²) in [6.07, 6.45) is 2.54. The molecule has 2 aromatic rings. The summed E-state index contributed by atoms with van der Waals surface area (Å²) in [7, 11) is 1.68. The predicted molar refractivity (Wildman–Crippen MR) is 120 cm³/mol. The molecule has 2 aliphatic heterocycles. The molecule has 2 heterocycles. The first kappa shape index (κ1) is 21.5. The third kappa shape index (κ3) is 4.11. The molecule has 0 saturated carbocycles. The SMILES string of the molecule is COCCN1CCC2(CCN(CCC(C#N)(c3ccccc3)c3ccccc3)C2)C1=O. The van der Waals surface area contributed by atoms with Crippen molar-refractivity contribution >= 4 is 5.91 Å². The van der Waals surface area contributed by atoms with E-state index in [-0.39, 0.29) is 11.3 Å². The summed E-state index contributed by atoms with van der Waals surface area (Å²) in [5.74, 6) is 0.282. The molecular formula is C26H31N3O2. The van der Waals surface area contributed by atoms with Crippen molar-refractivity contribution in [1.82, 2.24) is 9.80 Å². The van der Waals surface area contributed by atoms with Crippen LogP contribution in [-0.2, 0) is 14.9 Å². The summed E-state index contributed by atoms with van der Waals surface area (Å²) >= 11 is 0. The molecule has 4 rings (SSSR count). The number of ether oxygens (including phenoxy) is 1. The second-order valence-corrected chi connectivity index (χ2v) is 8.84. The zero-order valence-electron chi connectivity index (χ0n) is 18.3. The molecule has 2 aromatic carbocycles. The van der Waals surface area contributed by atoms with Gasteiger partial charge in [0.2, 0.25) is 5.91 Å². The maximum atomic E-state index is 13.1. The van der Waals surface area contributed by atoms with Gasteiger partial charge in [0.1, 0.15) is 5.41 Å². The lowest BCUT2D eigenvalue weighted by atomic mass is 9.73. The lowest BCUT2D eigenvalue weighted by molar-refractivity contribution is -0.136. The summed E-state index contributed by atoms with van der Waals surface area (Å²) in [5.41, 5.74) is 1.12. The van der Waals surface area contributed by atoms with Crippen molar-refractivity contribution in [2.45, 2.75) is 24.7 Å². The van der Waals surface area contributed by atoms with Gasteiger partial charge in [-0.1, -0.05) is 60.7 Å². The number of carbonyl (C=O) groups is 1. The Morgan fingerprint density at radius 2 is 1.61 bits per heavy atom. The monoisotopic (exact) mass is 417 g/mol. The number of carbonyl (C=O) groups excluding carboxylic acids is 1. The molecule has 162 valence electrons. The number of rotatable bonds is 8. The molecule has 0 aliphatic carbocycles. The van der Waals surface area contributed by atoms with Gasteiger partial charge in [-0.25, -0.2) is 0 Å². The van der Waals surface area contributed by atoms with Crippen LogP contribution >= 0.6 is 0 Å². The number of hydrogen-bond acceptors (Lipinski definition) is 4. The van der Waals surface area contributed by atoms with E-state index in [1.54, 1.807) is 7.11 Å². The maximum absolute atomic E-state index is 13.1. The Hall–Kier alpha value is -2.68. The lowest BCUT2D eigenvalue weighted by Gasteiger charge is -2.30. The van der Waals surface area contributed by atoms with Crippen LogP contribution in [-0.4, -0.2) is 62.1 Å². The lowest BCUT2D eigenvalue weighted by Crippen LogP contribution is -2.39. The summed E-state index contributed by atoms with van der Waals surface area (Å²) in [4.78, 5) is 17.4. The van der Waals surface area contributed by atoms with Crippen LogP contribution in [0.25, 0.3) is 0 Å². The van der Waals surface area contributed by atoms with Gasteiger partial charge in [-0.05, 0) is 36.9 Å². The zero-order valence-corrected chi connectivity index (χ0v) is 18.3. The normalized spacial score (nSPS) is 21.7. The molecule has 1 amide bonds. The third-order valence-electron chi connectivity index (χ3n) is 7.13. The minimum Gasteiger partial charge on any atom is -0.383 e. The molecule has 2 fully saturated rings. The zero-order chi connectivity index (χ0) is 21.7. The van der Waals surface area contributed by atoms with Crippen LogP contribution in [0.1, 0.15) is 30.4 Å². The fourth-order valence-electron chi connectivity index (χ4n) is 5.25. The van der Waals surface area contributed by atoms with Crippen molar-refractivity contribution in [1.29, 1.82) is 5.26 Å². The van der Waals surface area contributed by atoms with Crippen LogP contribution in [0.3, 0.4) is 0 Å². The van der Waals surface area contributed by atoms with E-state index < -0.39 is 5.41 Å². The number of likely N-dealkylation sites (tertiary alicyclic amines) is 2. The molecule has 0 N–H and O–H groups in total. The number of methoxy groups -OCH3 is 1. The summed E-state index contributed by atoms with van der Waals surface area (Å²) < 4.78 is 5.16. The van der Waals surface area contributed by atoms with Gasteiger partial charge in [-0.2, -0.15) is 5.26 Å². The highest BCUT2D eigenvalue weighted by Crippen LogP contribution is 2.42. The van der Waals surface area contributed by atoms with Gasteiger partial charge in [-0.3, -0.25) is 4.79 Å². The van der Waals surface area contributed by atoms with E-state index in [1.807, 2.05) is 41.3 Å². The van der Waals surface area contributed by atoms with E-state index in [9.17, 15) is 10.1 Å². The van der Waals surface area contributed by atoms with Gasteiger partial charge in [-0.15, -0.1) is 0 Å². The number of nitriles is 1. The molecule has 31 heavy (non-hydrogen) atoms. The molecule has 2 saturated heterocycles. The van der Waals surface area contributed by atoms with Gasteiger partial charge >= 0.3 is 0 Å². The Kier molecular flexibility index (Phi) is 6.41. The van der Waals surface area contributed by atoms with E-state index in [2.05, 4.69) is 35.2 Å². The first-order chi connectivity index (χ1) is 15.1. The maximum Gasteiger partial charge on any atom is 0.230 e. The summed E-state index contributed by atoms with van der Waals surface area (Å²) in [6, 6.07) is 22.8. The number of hydrogen-bond donors (Lipinski definition) is 0. The number of nitrogens with zero attached hydrogens (tertiary/aromatic N) is 3. The predicted octanol–water partition coefficient (Wildman–Crippen LogP) is 3.46. The fourth-order valence-corrected chi connectivity index (χ4v) is 5.25. The Morgan fingerprint density at radius 3 is 2.19 bits per heavy atom. The molecule has 1 atom stereocenters. The fraction of sp³-hybridized carbons (Fsp3) is 0.462. The van der Waals surface area contributed by atoms with Crippen molar-refractivity contribution in [3.63, 3.8) is 0 Å². The van der Waals surface area contributed by atoms with Crippen LogP contribution < -0.4 is 0 Å². The highest BCUT2D eigenvalue weighted by molar-refractivity contribution is 5.85. The smallest absolute Gasteiger partial charge is 0.230 e. The summed E-state index contributed by atoms with van der Waals surface area (Å²) in [5, 5.41) is 10.4. The minimum atomic E-state index is -0.692. The summed E-state index contributed by atoms with van der Waals surface area (Å²) in [6.45, 7) is 4.59. The van der Waals surface area contributed by atoms with Crippen molar-refractivity contribution < 1.29 is 9.53 Å². The van der Waals surface area contributed by atoms with E-state index in [1.165, 1.54) is 0 Å². The first-order valence-electron chi connectivity index (χ1n) is 11.2. The highest BCUT2D eigenvalue weighted by Gasteiger charge is 2.50. The van der Waals surface area contributed by atoms with Crippen LogP contribution in [0, 0.1) is 16.7 Å². The van der Waals surface area contributed by atoms with Crippen LogP contribution in [0.5, 0.6) is 0 Å². The Labute approximate surface area is 185 Å². The van der Waals surface area contributed by atoms with Crippen molar-refractivity contribution in [3.05, 3.63) is 71.8 Å². The average Bonchev–Trinajstić information content (AvgIpc) is 3.38. The molecule has 5 heteroatoms. The van der Waals surface area contributed by atoms with Gasteiger partial charge in [0.25, 0.3) is 0 Å². The minimum absolute atomic E-state index is 0.247. The second kappa shape index (κ2) is 9.21. The standard InChI is InChI=1S/C26H31N3O2/c1-31-19-18-29-17-13-25(24(29)30)12-15-28(21-25)16-14-26(20-27,22-8-4-2-5-9-22)23-10-6-3-7-11-23/h2-11H,12-19,21H2,1H3. The molecule has 0 aromatic heterocycles. The molecular weight excluding hydrogens is 386 g/mol. The van der Waals surface area contributed by atoms with Gasteiger partial charge in [0.05, 0.1) is 18.1 Å². The largest absolute Gasteiger partial charge is 0.383 e. The molecule has 0 bridgehead atoms. The van der Waals surface area contributed by atoms with E-state index in [0.717, 1.165) is 50.1 Å². The highest BCUT2D eigenvalue weighted by atomic mass is 16.5. The quantitative estimate of drug-likeness (QED) is 0.660. The van der Waals surface area contributed by atoms with Crippen molar-refractivity contribution in [2.75, 3.05) is 46.4 Å². The second-order valence-electron chi connectivity index (χ2n) is 8.84. The number of benzene rings is 2. The molecule has 1 spiro atoms. The molecule has 2 aliphatic rings.